The molecule has 1 saturated heterocycles. The molecule has 0 unspecified atom stereocenters. The molecule has 2 rings (SSSR count). The number of benzene rings is 1. The summed E-state index contributed by atoms with van der Waals surface area (Å²) in [6.45, 7) is 8.30. The monoisotopic (exact) mass is 363 g/mol. The van der Waals surface area contributed by atoms with Crippen molar-refractivity contribution < 1.29 is 23.8 Å². The van der Waals surface area contributed by atoms with Gasteiger partial charge in [0, 0.05) is 13.1 Å². The molecule has 1 aromatic carbocycles. The summed E-state index contributed by atoms with van der Waals surface area (Å²) in [6, 6.07) is 7.21. The van der Waals surface area contributed by atoms with Crippen molar-refractivity contribution >= 4 is 11.9 Å². The van der Waals surface area contributed by atoms with Gasteiger partial charge in [-0.1, -0.05) is 13.8 Å². The Hall–Kier alpha value is -2.24. The topological polar surface area (TPSA) is 65.1 Å². The van der Waals surface area contributed by atoms with Gasteiger partial charge in [-0.25, -0.2) is 0 Å². The van der Waals surface area contributed by atoms with Crippen molar-refractivity contribution in [2.45, 2.75) is 33.6 Å². The van der Waals surface area contributed by atoms with Crippen LogP contribution in [0.25, 0.3) is 0 Å². The lowest BCUT2D eigenvalue weighted by molar-refractivity contribution is -0.153. The van der Waals surface area contributed by atoms with E-state index in [-0.39, 0.29) is 25.5 Å². The molecule has 0 spiro atoms. The van der Waals surface area contributed by atoms with Crippen molar-refractivity contribution in [2.75, 3.05) is 32.9 Å². The Morgan fingerprint density at radius 1 is 1.04 bits per heavy atom. The Kier molecular flexibility index (Phi) is 7.75. The predicted molar refractivity (Wildman–Crippen MR) is 98.2 cm³/mol. The maximum atomic E-state index is 12.2. The summed E-state index contributed by atoms with van der Waals surface area (Å²) in [7, 11) is 0. The van der Waals surface area contributed by atoms with Crippen LogP contribution < -0.4 is 9.47 Å². The smallest absolute Gasteiger partial charge is 0.309 e. The Bertz CT molecular complexity index is 576. The molecule has 2 atom stereocenters. The van der Waals surface area contributed by atoms with Crippen LogP contribution in [0.1, 0.15) is 33.6 Å². The first kappa shape index (κ1) is 20.1. The second-order valence-corrected chi connectivity index (χ2v) is 6.91. The number of esters is 1. The fourth-order valence-corrected chi connectivity index (χ4v) is 3.22. The molecule has 1 amide bonds. The minimum atomic E-state index is -0.428. The third kappa shape index (κ3) is 6.58. The highest BCUT2D eigenvalue weighted by molar-refractivity contribution is 5.80. The minimum Gasteiger partial charge on any atom is -0.494 e. The fourth-order valence-electron chi connectivity index (χ4n) is 3.22. The summed E-state index contributed by atoms with van der Waals surface area (Å²) in [5.74, 6) is 1.86. The van der Waals surface area contributed by atoms with Gasteiger partial charge in [-0.05, 0) is 49.4 Å². The van der Waals surface area contributed by atoms with Crippen LogP contribution in [-0.2, 0) is 14.3 Å². The Labute approximate surface area is 155 Å². The zero-order valence-electron chi connectivity index (χ0n) is 15.9. The average molecular weight is 363 g/mol. The van der Waals surface area contributed by atoms with Gasteiger partial charge in [0.25, 0.3) is 5.91 Å². The lowest BCUT2D eigenvalue weighted by atomic mass is 9.92. The summed E-state index contributed by atoms with van der Waals surface area (Å²) < 4.78 is 16.0. The largest absolute Gasteiger partial charge is 0.494 e. The molecule has 6 nitrogen and oxygen atoms in total. The van der Waals surface area contributed by atoms with E-state index in [0.29, 0.717) is 24.2 Å². The molecule has 26 heavy (non-hydrogen) atoms. The van der Waals surface area contributed by atoms with Gasteiger partial charge in [-0.3, -0.25) is 9.59 Å². The zero-order valence-corrected chi connectivity index (χ0v) is 15.9. The first-order valence-electron chi connectivity index (χ1n) is 9.27. The van der Waals surface area contributed by atoms with Gasteiger partial charge < -0.3 is 19.1 Å². The van der Waals surface area contributed by atoms with Crippen LogP contribution in [0.2, 0.25) is 0 Å². The van der Waals surface area contributed by atoms with Crippen molar-refractivity contribution in [3.8, 4) is 11.5 Å². The van der Waals surface area contributed by atoms with Crippen molar-refractivity contribution in [3.05, 3.63) is 24.3 Å². The third-order valence-electron chi connectivity index (χ3n) is 4.29. The van der Waals surface area contributed by atoms with Gasteiger partial charge in [0.1, 0.15) is 11.5 Å². The maximum Gasteiger partial charge on any atom is 0.309 e. The highest BCUT2D eigenvalue weighted by atomic mass is 16.5. The van der Waals surface area contributed by atoms with E-state index in [0.717, 1.165) is 25.3 Å². The number of rotatable bonds is 8. The molecule has 1 aliphatic rings. The number of hydrogen-bond donors (Lipinski definition) is 0. The molecule has 1 aliphatic heterocycles. The number of amides is 1. The molecule has 0 aliphatic carbocycles. The SMILES string of the molecule is CCOc1ccc(OCCC(=O)OCC(=O)N2C[C@H](C)C[C@@H](C)C2)cc1. The molecule has 0 aromatic heterocycles. The lowest BCUT2D eigenvalue weighted by Gasteiger charge is -2.34. The maximum absolute atomic E-state index is 12.2. The van der Waals surface area contributed by atoms with Crippen LogP contribution in [0.15, 0.2) is 24.3 Å². The van der Waals surface area contributed by atoms with E-state index in [4.69, 9.17) is 14.2 Å². The summed E-state index contributed by atoms with van der Waals surface area (Å²) in [5, 5.41) is 0. The molecule has 0 saturated carbocycles. The van der Waals surface area contributed by atoms with Gasteiger partial charge in [-0.2, -0.15) is 0 Å². The van der Waals surface area contributed by atoms with E-state index in [1.54, 1.807) is 17.0 Å². The van der Waals surface area contributed by atoms with Gasteiger partial charge in [-0.15, -0.1) is 0 Å². The molecular weight excluding hydrogens is 334 g/mol. The van der Waals surface area contributed by atoms with Gasteiger partial charge in [0.05, 0.1) is 19.6 Å². The predicted octanol–water partition coefficient (Wildman–Crippen LogP) is 2.90. The number of likely N-dealkylation sites (tertiary alicyclic amines) is 1. The molecule has 6 heteroatoms. The molecule has 1 heterocycles. The van der Waals surface area contributed by atoms with E-state index in [1.165, 1.54) is 0 Å². The van der Waals surface area contributed by atoms with Crippen LogP contribution in [0, 0.1) is 11.8 Å². The molecule has 0 radical (unpaired) electrons. The highest BCUT2D eigenvalue weighted by Gasteiger charge is 2.25. The molecule has 1 aromatic rings. The van der Waals surface area contributed by atoms with Crippen LogP contribution in [0.4, 0.5) is 0 Å². The number of carbonyl (C=O) groups is 2. The van der Waals surface area contributed by atoms with E-state index < -0.39 is 5.97 Å². The van der Waals surface area contributed by atoms with Crippen molar-refractivity contribution in [3.63, 3.8) is 0 Å². The number of ether oxygens (including phenoxy) is 3. The van der Waals surface area contributed by atoms with Crippen LogP contribution in [0.3, 0.4) is 0 Å². The summed E-state index contributed by atoms with van der Waals surface area (Å²) in [5.41, 5.74) is 0. The Morgan fingerprint density at radius 2 is 1.62 bits per heavy atom. The molecule has 0 N–H and O–H groups in total. The Balaban J connectivity index is 1.64. The highest BCUT2D eigenvalue weighted by Crippen LogP contribution is 2.21. The average Bonchev–Trinajstić information content (AvgIpc) is 2.60. The third-order valence-corrected chi connectivity index (χ3v) is 4.29. The van der Waals surface area contributed by atoms with E-state index in [1.807, 2.05) is 19.1 Å². The summed E-state index contributed by atoms with van der Waals surface area (Å²) >= 11 is 0. The van der Waals surface area contributed by atoms with Gasteiger partial charge in [0.15, 0.2) is 6.61 Å². The van der Waals surface area contributed by atoms with E-state index in [9.17, 15) is 9.59 Å². The molecule has 1 fully saturated rings. The van der Waals surface area contributed by atoms with E-state index >= 15 is 0 Å². The summed E-state index contributed by atoms with van der Waals surface area (Å²) in [6.07, 6.45) is 1.24. The fraction of sp³-hybridized carbons (Fsp3) is 0.600. The number of hydrogen-bond acceptors (Lipinski definition) is 5. The standard InChI is InChI=1S/C20H29NO5/c1-4-24-17-5-7-18(8-6-17)25-10-9-20(23)26-14-19(22)21-12-15(2)11-16(3)13-21/h5-8,15-16H,4,9-14H2,1-3H3/t15-,16-/m1/s1. The quantitative estimate of drug-likeness (QED) is 0.665. The number of piperidine rings is 1. The Morgan fingerprint density at radius 3 is 2.19 bits per heavy atom. The van der Waals surface area contributed by atoms with Crippen molar-refractivity contribution in [1.82, 2.24) is 4.90 Å². The van der Waals surface area contributed by atoms with Crippen LogP contribution in [-0.4, -0.2) is 49.7 Å². The van der Waals surface area contributed by atoms with Crippen molar-refractivity contribution in [2.24, 2.45) is 11.8 Å². The summed E-state index contributed by atoms with van der Waals surface area (Å²) in [4.78, 5) is 25.8. The first-order chi connectivity index (χ1) is 12.5. The lowest BCUT2D eigenvalue weighted by Crippen LogP contribution is -2.44. The molecule has 144 valence electrons. The first-order valence-corrected chi connectivity index (χ1v) is 9.27. The van der Waals surface area contributed by atoms with Gasteiger partial charge in [0.2, 0.25) is 0 Å². The van der Waals surface area contributed by atoms with Crippen molar-refractivity contribution in [1.29, 1.82) is 0 Å². The van der Waals surface area contributed by atoms with Gasteiger partial charge >= 0.3 is 5.97 Å². The number of nitrogens with zero attached hydrogens (tertiary/aromatic N) is 1. The minimum absolute atomic E-state index is 0.104. The molecular formula is C20H29NO5. The van der Waals surface area contributed by atoms with E-state index in [2.05, 4.69) is 13.8 Å². The van der Waals surface area contributed by atoms with Crippen LogP contribution in [0.5, 0.6) is 11.5 Å². The zero-order chi connectivity index (χ0) is 18.9. The normalized spacial score (nSPS) is 19.7. The molecule has 0 bridgehead atoms. The van der Waals surface area contributed by atoms with Crippen LogP contribution >= 0.6 is 0 Å². The second-order valence-electron chi connectivity index (χ2n) is 6.91. The number of carbonyl (C=O) groups excluding carboxylic acids is 2. The second kappa shape index (κ2) is 10.0.